The van der Waals surface area contributed by atoms with Gasteiger partial charge in [-0.3, -0.25) is 0 Å². The standard InChI is InChI=1S/C22H27N5O2Si/c1-15-12-29-22(26-15)18-11-27(14-28-8-9-30(2,3)4)21-19(18)20(24-13-25-21)16-6-5-7-17(23)10-16/h5-7,10-13H,8-9,14,23H2,1-4H3. The van der Waals surface area contributed by atoms with E-state index in [1.165, 1.54) is 0 Å². The normalized spacial score (nSPS) is 12.0. The van der Waals surface area contributed by atoms with Crippen molar-refractivity contribution in [3.8, 4) is 22.7 Å². The van der Waals surface area contributed by atoms with Crippen LogP contribution < -0.4 is 5.73 Å². The summed E-state index contributed by atoms with van der Waals surface area (Å²) in [6.07, 6.45) is 5.20. The van der Waals surface area contributed by atoms with Crippen LogP contribution in [0, 0.1) is 6.92 Å². The van der Waals surface area contributed by atoms with Crippen molar-refractivity contribution >= 4 is 24.8 Å². The Morgan fingerprint density at radius 2 is 2.03 bits per heavy atom. The lowest BCUT2D eigenvalue weighted by molar-refractivity contribution is 0.0899. The molecule has 3 heterocycles. The molecule has 0 saturated carbocycles. The van der Waals surface area contributed by atoms with Crippen molar-refractivity contribution in [1.29, 1.82) is 0 Å². The summed E-state index contributed by atoms with van der Waals surface area (Å²) >= 11 is 0. The maximum Gasteiger partial charge on any atom is 0.228 e. The minimum atomic E-state index is -1.15. The van der Waals surface area contributed by atoms with Gasteiger partial charge >= 0.3 is 0 Å². The average molecular weight is 422 g/mol. The largest absolute Gasteiger partial charge is 0.444 e. The molecule has 1 aromatic carbocycles. The zero-order valence-corrected chi connectivity index (χ0v) is 18.8. The number of benzene rings is 1. The maximum absolute atomic E-state index is 6.02. The summed E-state index contributed by atoms with van der Waals surface area (Å²) < 4.78 is 13.7. The van der Waals surface area contributed by atoms with Crippen LogP contribution in [-0.4, -0.2) is 34.2 Å². The maximum atomic E-state index is 6.02. The fourth-order valence-corrected chi connectivity index (χ4v) is 4.06. The number of aryl methyl sites for hydroxylation is 1. The summed E-state index contributed by atoms with van der Waals surface area (Å²) in [5.41, 5.74) is 10.8. The molecule has 30 heavy (non-hydrogen) atoms. The fourth-order valence-electron chi connectivity index (χ4n) is 3.31. The molecule has 0 aliphatic carbocycles. The second kappa shape index (κ2) is 8.04. The smallest absolute Gasteiger partial charge is 0.228 e. The van der Waals surface area contributed by atoms with Crippen LogP contribution in [-0.2, 0) is 11.5 Å². The van der Waals surface area contributed by atoms with E-state index in [0.717, 1.165) is 46.2 Å². The Morgan fingerprint density at radius 3 is 2.73 bits per heavy atom. The average Bonchev–Trinajstić information content (AvgIpc) is 3.28. The molecule has 8 heteroatoms. The third-order valence-electron chi connectivity index (χ3n) is 4.89. The highest BCUT2D eigenvalue weighted by Crippen LogP contribution is 2.36. The first kappa shape index (κ1) is 20.3. The molecule has 156 valence electrons. The third kappa shape index (κ3) is 4.29. The van der Waals surface area contributed by atoms with Gasteiger partial charge in [0.15, 0.2) is 0 Å². The Bertz CT molecular complexity index is 1180. The number of anilines is 1. The molecule has 4 aromatic rings. The molecule has 7 nitrogen and oxygen atoms in total. The van der Waals surface area contributed by atoms with Crippen LogP contribution >= 0.6 is 0 Å². The van der Waals surface area contributed by atoms with Gasteiger partial charge in [-0.1, -0.05) is 31.8 Å². The minimum Gasteiger partial charge on any atom is -0.444 e. The highest BCUT2D eigenvalue weighted by atomic mass is 28.3. The van der Waals surface area contributed by atoms with Gasteiger partial charge in [-0.15, -0.1) is 0 Å². The number of nitrogens with two attached hydrogens (primary N) is 1. The van der Waals surface area contributed by atoms with E-state index in [4.69, 9.17) is 14.9 Å². The second-order valence-electron chi connectivity index (χ2n) is 8.70. The van der Waals surface area contributed by atoms with Gasteiger partial charge in [0.05, 0.1) is 22.3 Å². The van der Waals surface area contributed by atoms with Crippen LogP contribution in [0.25, 0.3) is 33.7 Å². The molecule has 0 bridgehead atoms. The number of ether oxygens (including phenoxy) is 1. The molecule has 0 unspecified atom stereocenters. The number of hydrogen-bond acceptors (Lipinski definition) is 6. The van der Waals surface area contributed by atoms with Gasteiger partial charge in [-0.05, 0) is 25.1 Å². The summed E-state index contributed by atoms with van der Waals surface area (Å²) in [5, 5.41) is 0.874. The van der Waals surface area contributed by atoms with Crippen LogP contribution in [0.3, 0.4) is 0 Å². The van der Waals surface area contributed by atoms with E-state index in [2.05, 4.69) is 34.6 Å². The Hall–Kier alpha value is -2.97. The molecular weight excluding hydrogens is 394 g/mol. The molecule has 0 saturated heterocycles. The number of nitrogen functional groups attached to an aromatic ring is 1. The lowest BCUT2D eigenvalue weighted by Gasteiger charge is -2.15. The van der Waals surface area contributed by atoms with E-state index in [1.807, 2.05) is 42.0 Å². The van der Waals surface area contributed by atoms with Crippen molar-refractivity contribution < 1.29 is 9.15 Å². The van der Waals surface area contributed by atoms with Crippen LogP contribution in [0.5, 0.6) is 0 Å². The Balaban J connectivity index is 1.79. The summed E-state index contributed by atoms with van der Waals surface area (Å²) in [7, 11) is -1.15. The second-order valence-corrected chi connectivity index (χ2v) is 14.3. The fraction of sp³-hybridized carbons (Fsp3) is 0.318. The number of fused-ring (bicyclic) bond motifs is 1. The quantitative estimate of drug-likeness (QED) is 0.258. The Kier molecular flexibility index (Phi) is 5.44. The molecule has 0 amide bonds. The predicted molar refractivity (Wildman–Crippen MR) is 122 cm³/mol. The van der Waals surface area contributed by atoms with Crippen LogP contribution in [0.4, 0.5) is 5.69 Å². The molecule has 0 aliphatic rings. The SMILES string of the molecule is Cc1coc(-c2cn(COCC[Si](C)(C)C)c3ncnc(-c4cccc(N)c4)c23)n1. The molecule has 0 radical (unpaired) electrons. The van der Waals surface area contributed by atoms with Gasteiger partial charge in [0.25, 0.3) is 0 Å². The first-order chi connectivity index (χ1) is 14.3. The molecular formula is C22H27N5O2Si. The van der Waals surface area contributed by atoms with E-state index in [1.54, 1.807) is 12.6 Å². The van der Waals surface area contributed by atoms with Crippen molar-refractivity contribution in [2.24, 2.45) is 0 Å². The van der Waals surface area contributed by atoms with Gasteiger partial charge in [0, 0.05) is 32.1 Å². The van der Waals surface area contributed by atoms with Gasteiger partial charge in [0.1, 0.15) is 25.0 Å². The molecule has 0 spiro atoms. The predicted octanol–water partition coefficient (Wildman–Crippen LogP) is 4.96. The summed E-state index contributed by atoms with van der Waals surface area (Å²) in [6, 6.07) is 8.79. The minimum absolute atomic E-state index is 0.411. The number of oxazole rings is 1. The zero-order chi connectivity index (χ0) is 21.3. The molecule has 4 rings (SSSR count). The van der Waals surface area contributed by atoms with Gasteiger partial charge in [-0.2, -0.15) is 0 Å². The van der Waals surface area contributed by atoms with Crippen molar-refractivity contribution in [3.63, 3.8) is 0 Å². The van der Waals surface area contributed by atoms with Crippen molar-refractivity contribution in [2.45, 2.75) is 39.3 Å². The van der Waals surface area contributed by atoms with E-state index in [0.29, 0.717) is 18.3 Å². The van der Waals surface area contributed by atoms with Crippen LogP contribution in [0.2, 0.25) is 25.7 Å². The highest BCUT2D eigenvalue weighted by Gasteiger charge is 2.21. The van der Waals surface area contributed by atoms with Crippen LogP contribution in [0.1, 0.15) is 5.69 Å². The van der Waals surface area contributed by atoms with E-state index >= 15 is 0 Å². The summed E-state index contributed by atoms with van der Waals surface area (Å²) in [6.45, 7) is 10.1. The monoisotopic (exact) mass is 421 g/mol. The Labute approximate surface area is 176 Å². The molecule has 0 aliphatic heterocycles. The first-order valence-corrected chi connectivity index (χ1v) is 13.7. The lowest BCUT2D eigenvalue weighted by atomic mass is 10.1. The molecule has 0 atom stereocenters. The lowest BCUT2D eigenvalue weighted by Crippen LogP contribution is -2.22. The van der Waals surface area contributed by atoms with E-state index < -0.39 is 8.07 Å². The van der Waals surface area contributed by atoms with Gasteiger partial charge in [0.2, 0.25) is 5.89 Å². The van der Waals surface area contributed by atoms with Crippen molar-refractivity contribution in [2.75, 3.05) is 12.3 Å². The van der Waals surface area contributed by atoms with E-state index in [9.17, 15) is 0 Å². The molecule has 0 fully saturated rings. The molecule has 3 aromatic heterocycles. The topological polar surface area (TPSA) is 92.0 Å². The first-order valence-electron chi connectivity index (χ1n) is 10.0. The summed E-state index contributed by atoms with van der Waals surface area (Å²) in [5.74, 6) is 0.540. The van der Waals surface area contributed by atoms with Crippen LogP contribution in [0.15, 0.2) is 47.5 Å². The van der Waals surface area contributed by atoms with Gasteiger partial charge < -0.3 is 19.5 Å². The van der Waals surface area contributed by atoms with E-state index in [-0.39, 0.29) is 0 Å². The van der Waals surface area contributed by atoms with Crippen molar-refractivity contribution in [1.82, 2.24) is 19.5 Å². The number of hydrogen-bond donors (Lipinski definition) is 1. The third-order valence-corrected chi connectivity index (χ3v) is 6.59. The van der Waals surface area contributed by atoms with Crippen molar-refractivity contribution in [3.05, 3.63) is 48.7 Å². The zero-order valence-electron chi connectivity index (χ0n) is 17.8. The number of aromatic nitrogens is 4. The highest BCUT2D eigenvalue weighted by molar-refractivity contribution is 6.76. The molecule has 2 N–H and O–H groups in total. The number of nitrogens with zero attached hydrogens (tertiary/aromatic N) is 4. The Morgan fingerprint density at radius 1 is 1.20 bits per heavy atom. The number of rotatable bonds is 7. The van der Waals surface area contributed by atoms with Gasteiger partial charge in [-0.25, -0.2) is 15.0 Å². The summed E-state index contributed by atoms with van der Waals surface area (Å²) in [4.78, 5) is 13.6.